The van der Waals surface area contributed by atoms with Gasteiger partial charge in [-0.25, -0.2) is 0 Å². The van der Waals surface area contributed by atoms with Crippen molar-refractivity contribution in [1.82, 2.24) is 5.32 Å². The molecule has 1 unspecified atom stereocenters. The van der Waals surface area contributed by atoms with E-state index in [1.54, 1.807) is 0 Å². The Bertz CT molecular complexity index is 248. The van der Waals surface area contributed by atoms with E-state index in [2.05, 4.69) is 17.4 Å². The van der Waals surface area contributed by atoms with Gasteiger partial charge in [0, 0.05) is 12.3 Å². The first-order chi connectivity index (χ1) is 7.15. The predicted molar refractivity (Wildman–Crippen MR) is 43.8 cm³/mol. The summed E-state index contributed by atoms with van der Waals surface area (Å²) in [6.07, 6.45) is -5.90. The summed E-state index contributed by atoms with van der Waals surface area (Å²) in [7, 11) is 0. The second-order valence-corrected chi connectivity index (χ2v) is 2.90. The monoisotopic (exact) mass is 271 g/mol. The van der Waals surface area contributed by atoms with E-state index >= 15 is 0 Å². The van der Waals surface area contributed by atoms with Gasteiger partial charge >= 0.3 is 18.6 Å². The molecule has 1 N–H and O–H groups in total. The van der Waals surface area contributed by atoms with Gasteiger partial charge in [-0.3, -0.25) is 9.53 Å². The van der Waals surface area contributed by atoms with Gasteiger partial charge in [0.1, 0.15) is 0 Å². The standard InChI is InChI=1S/C6H7F6NO2S/c7-4(8)15-5(9,6(10,11)12)3(14)13-1-2-16/h4,16H,1-2H2,(H,13,14). The number of ether oxygens (including phenoxy) is 1. The molecule has 1 amide bonds. The van der Waals surface area contributed by atoms with Crippen LogP contribution in [0.3, 0.4) is 0 Å². The van der Waals surface area contributed by atoms with Crippen LogP contribution in [0.1, 0.15) is 0 Å². The Morgan fingerprint density at radius 3 is 2.12 bits per heavy atom. The van der Waals surface area contributed by atoms with Crippen molar-refractivity contribution in [3.05, 3.63) is 0 Å². The topological polar surface area (TPSA) is 38.3 Å². The Labute approximate surface area is 91.5 Å². The van der Waals surface area contributed by atoms with Crippen LogP contribution in [0.5, 0.6) is 0 Å². The van der Waals surface area contributed by atoms with E-state index in [-0.39, 0.29) is 5.75 Å². The normalized spacial score (nSPS) is 16.0. The van der Waals surface area contributed by atoms with E-state index in [4.69, 9.17) is 0 Å². The molecule has 1 atom stereocenters. The van der Waals surface area contributed by atoms with Crippen LogP contribution in [-0.4, -0.2) is 36.8 Å². The van der Waals surface area contributed by atoms with Gasteiger partial charge in [-0.1, -0.05) is 0 Å². The van der Waals surface area contributed by atoms with Crippen LogP contribution in [0.25, 0.3) is 0 Å². The second kappa shape index (κ2) is 5.62. The first-order valence-corrected chi connectivity index (χ1v) is 4.39. The fraction of sp³-hybridized carbons (Fsp3) is 0.833. The average Bonchev–Trinajstić information content (AvgIpc) is 2.10. The quantitative estimate of drug-likeness (QED) is 0.587. The highest BCUT2D eigenvalue weighted by molar-refractivity contribution is 7.80. The summed E-state index contributed by atoms with van der Waals surface area (Å²) in [6, 6.07) is 0. The van der Waals surface area contributed by atoms with Crippen LogP contribution in [0, 0.1) is 0 Å². The fourth-order valence-electron chi connectivity index (χ4n) is 0.655. The molecule has 0 radical (unpaired) electrons. The van der Waals surface area contributed by atoms with E-state index in [0.29, 0.717) is 0 Å². The summed E-state index contributed by atoms with van der Waals surface area (Å²) < 4.78 is 75.0. The zero-order valence-corrected chi connectivity index (χ0v) is 8.42. The van der Waals surface area contributed by atoms with Gasteiger partial charge in [0.15, 0.2) is 0 Å². The molecular formula is C6H7F6NO2S. The van der Waals surface area contributed by atoms with E-state index in [0.717, 1.165) is 0 Å². The van der Waals surface area contributed by atoms with Gasteiger partial charge in [-0.15, -0.1) is 0 Å². The highest BCUT2D eigenvalue weighted by Gasteiger charge is 2.65. The Hall–Kier alpha value is -0.640. The molecule has 3 nitrogen and oxygen atoms in total. The molecule has 0 rings (SSSR count). The lowest BCUT2D eigenvalue weighted by atomic mass is 10.2. The molecule has 0 saturated heterocycles. The highest BCUT2D eigenvalue weighted by Crippen LogP contribution is 2.36. The van der Waals surface area contributed by atoms with E-state index < -0.39 is 31.1 Å². The highest BCUT2D eigenvalue weighted by atomic mass is 32.1. The van der Waals surface area contributed by atoms with Crippen LogP contribution >= 0.6 is 12.6 Å². The molecule has 10 heteroatoms. The van der Waals surface area contributed by atoms with Gasteiger partial charge in [0.05, 0.1) is 0 Å². The lowest BCUT2D eigenvalue weighted by Gasteiger charge is -2.25. The van der Waals surface area contributed by atoms with E-state index in [9.17, 15) is 31.1 Å². The number of halogens is 6. The smallest absolute Gasteiger partial charge is 0.350 e. The van der Waals surface area contributed by atoms with Crippen molar-refractivity contribution in [2.75, 3.05) is 12.3 Å². The largest absolute Gasteiger partial charge is 0.458 e. The number of carbonyl (C=O) groups excluding carboxylic acids is 1. The molecule has 0 aromatic carbocycles. The molecule has 0 aliphatic heterocycles. The Balaban J connectivity index is 4.86. The number of amides is 1. The number of alkyl halides is 6. The van der Waals surface area contributed by atoms with Crippen molar-refractivity contribution in [3.8, 4) is 0 Å². The van der Waals surface area contributed by atoms with Gasteiger partial charge in [0.2, 0.25) is 0 Å². The molecule has 0 heterocycles. The molecule has 0 saturated carbocycles. The predicted octanol–water partition coefficient (Wildman–Crippen LogP) is 1.50. The molecule has 0 aromatic heterocycles. The van der Waals surface area contributed by atoms with Crippen molar-refractivity contribution in [2.24, 2.45) is 0 Å². The van der Waals surface area contributed by atoms with Gasteiger partial charge in [0.25, 0.3) is 5.91 Å². The number of rotatable bonds is 5. The lowest BCUT2D eigenvalue weighted by Crippen LogP contribution is -2.56. The van der Waals surface area contributed by atoms with Crippen LogP contribution in [0.15, 0.2) is 0 Å². The molecular weight excluding hydrogens is 264 g/mol. The number of carbonyl (C=O) groups is 1. The second-order valence-electron chi connectivity index (χ2n) is 2.45. The minimum absolute atomic E-state index is 0.0889. The number of thiol groups is 1. The van der Waals surface area contributed by atoms with E-state index in [1.165, 1.54) is 5.32 Å². The summed E-state index contributed by atoms with van der Waals surface area (Å²) in [5, 5.41) is 1.42. The molecule has 96 valence electrons. The first-order valence-electron chi connectivity index (χ1n) is 3.76. The summed E-state index contributed by atoms with van der Waals surface area (Å²) in [4.78, 5) is 10.7. The maximum absolute atomic E-state index is 13.0. The summed E-state index contributed by atoms with van der Waals surface area (Å²) in [5.74, 6) is -7.49. The SMILES string of the molecule is O=C(NCCS)C(F)(OC(F)F)C(F)(F)F. The summed E-state index contributed by atoms with van der Waals surface area (Å²) >= 11 is 3.53. The van der Waals surface area contributed by atoms with Crippen molar-refractivity contribution < 1.29 is 35.9 Å². The van der Waals surface area contributed by atoms with Gasteiger partial charge in [-0.05, 0) is 0 Å². The Kier molecular flexibility index (Phi) is 5.39. The van der Waals surface area contributed by atoms with Gasteiger partial charge in [-0.2, -0.15) is 39.0 Å². The molecule has 0 aliphatic rings. The number of nitrogens with one attached hydrogen (secondary N) is 1. The maximum atomic E-state index is 13.0. The minimum atomic E-state index is -5.90. The lowest BCUT2D eigenvalue weighted by molar-refractivity contribution is -0.356. The fourth-order valence-corrected chi connectivity index (χ4v) is 0.767. The summed E-state index contributed by atoms with van der Waals surface area (Å²) in [6.45, 7) is -4.50. The molecule has 16 heavy (non-hydrogen) atoms. The maximum Gasteiger partial charge on any atom is 0.458 e. The minimum Gasteiger partial charge on any atom is -0.350 e. The van der Waals surface area contributed by atoms with Crippen molar-refractivity contribution in [3.63, 3.8) is 0 Å². The van der Waals surface area contributed by atoms with Crippen LogP contribution in [-0.2, 0) is 9.53 Å². The molecule has 0 bridgehead atoms. The zero-order chi connectivity index (χ0) is 13.0. The third-order valence-electron chi connectivity index (χ3n) is 1.31. The van der Waals surface area contributed by atoms with Crippen LogP contribution < -0.4 is 5.32 Å². The third kappa shape index (κ3) is 3.74. The Morgan fingerprint density at radius 1 is 1.31 bits per heavy atom. The molecule has 0 fully saturated rings. The van der Waals surface area contributed by atoms with Gasteiger partial charge < -0.3 is 5.32 Å². The third-order valence-corrected chi connectivity index (χ3v) is 1.53. The van der Waals surface area contributed by atoms with E-state index in [1.807, 2.05) is 0 Å². The average molecular weight is 271 g/mol. The van der Waals surface area contributed by atoms with Crippen LogP contribution in [0.2, 0.25) is 0 Å². The molecule has 0 aromatic rings. The van der Waals surface area contributed by atoms with Crippen molar-refractivity contribution >= 4 is 18.5 Å². The van der Waals surface area contributed by atoms with Crippen LogP contribution in [0.4, 0.5) is 26.3 Å². The molecule has 0 aliphatic carbocycles. The van der Waals surface area contributed by atoms with Crippen molar-refractivity contribution in [2.45, 2.75) is 18.6 Å². The number of hydrogen-bond donors (Lipinski definition) is 2. The molecule has 0 spiro atoms. The zero-order valence-electron chi connectivity index (χ0n) is 7.52. The number of hydrogen-bond acceptors (Lipinski definition) is 3. The van der Waals surface area contributed by atoms with Crippen molar-refractivity contribution in [1.29, 1.82) is 0 Å². The first kappa shape index (κ1) is 15.4. The summed E-state index contributed by atoms with van der Waals surface area (Å²) in [5.41, 5.74) is 0. The Morgan fingerprint density at radius 2 is 1.81 bits per heavy atom.